The molecule has 252 valence electrons. The monoisotopic (exact) mass is 674 g/mol. The second-order valence-corrected chi connectivity index (χ2v) is 13.5. The molecule has 12 nitrogen and oxygen atoms in total. The maximum Gasteiger partial charge on any atom is 0.411 e. The number of sulfone groups is 1. The molecule has 1 aliphatic heterocycles. The fourth-order valence-electron chi connectivity index (χ4n) is 5.41. The molecule has 1 aliphatic rings. The number of anilines is 2. The predicted octanol–water partition coefficient (Wildman–Crippen LogP) is 4.96. The first-order chi connectivity index (χ1) is 22.2. The van der Waals surface area contributed by atoms with E-state index in [4.69, 9.17) is 15.2 Å². The first-order valence-electron chi connectivity index (χ1n) is 14.5. The van der Waals surface area contributed by atoms with Crippen LogP contribution in [-0.2, 0) is 19.4 Å². The van der Waals surface area contributed by atoms with Gasteiger partial charge in [-0.25, -0.2) is 22.0 Å². The van der Waals surface area contributed by atoms with E-state index in [1.54, 1.807) is 12.1 Å². The fourth-order valence-corrected chi connectivity index (χ4v) is 6.70. The fraction of sp³-hybridized carbons (Fsp3) is 0.344. The lowest BCUT2D eigenvalue weighted by atomic mass is 10.00. The van der Waals surface area contributed by atoms with E-state index in [0.717, 1.165) is 6.07 Å². The first-order valence-corrected chi connectivity index (χ1v) is 16.1. The van der Waals surface area contributed by atoms with E-state index in [1.807, 2.05) is 0 Å². The molecule has 1 fully saturated rings. The lowest BCUT2D eigenvalue weighted by Crippen LogP contribution is -2.38. The number of ether oxygens (including phenoxy) is 3. The molecule has 0 radical (unpaired) electrons. The molecule has 0 bridgehead atoms. The number of carbonyl (C=O) groups excluding carboxylic acids is 3. The molecule has 0 spiro atoms. The van der Waals surface area contributed by atoms with E-state index >= 15 is 4.39 Å². The van der Waals surface area contributed by atoms with Crippen LogP contribution in [0.15, 0.2) is 53.4 Å². The number of benzene rings is 3. The van der Waals surface area contributed by atoms with Crippen molar-refractivity contribution in [2.75, 3.05) is 38.5 Å². The molecule has 3 aromatic rings. The minimum absolute atomic E-state index is 0.0149. The number of carbonyl (C=O) groups is 3. The summed E-state index contributed by atoms with van der Waals surface area (Å²) >= 11 is 0. The van der Waals surface area contributed by atoms with Crippen LogP contribution in [0.4, 0.5) is 25.0 Å². The number of nitrogens with one attached hydrogen (secondary N) is 2. The van der Waals surface area contributed by atoms with E-state index < -0.39 is 62.3 Å². The van der Waals surface area contributed by atoms with E-state index in [-0.39, 0.29) is 34.1 Å². The Kier molecular flexibility index (Phi) is 10.6. The molecule has 1 unspecified atom stereocenters. The van der Waals surface area contributed by atoms with Gasteiger partial charge in [-0.05, 0) is 74.2 Å². The van der Waals surface area contributed by atoms with Crippen LogP contribution in [-0.4, -0.2) is 64.3 Å². The third kappa shape index (κ3) is 7.24. The zero-order valence-corrected chi connectivity index (χ0v) is 27.2. The predicted molar refractivity (Wildman–Crippen MR) is 169 cm³/mol. The van der Waals surface area contributed by atoms with Crippen LogP contribution in [0.2, 0.25) is 0 Å². The zero-order valence-electron chi connectivity index (χ0n) is 26.4. The summed E-state index contributed by atoms with van der Waals surface area (Å²) in [4.78, 5) is 39.8. The second kappa shape index (κ2) is 14.2. The SMILES string of the molecule is COC(=O)Nc1ccc(S(=O)(=O)C(C)C)c(C2CCCN2C(=O)[C@H](Nc2cc(C(N)=O)c(F)cc2F)c2ccc(OC)c(OC)c2)c1. The molecule has 1 saturated heterocycles. The average Bonchev–Trinajstić information content (AvgIpc) is 3.53. The lowest BCUT2D eigenvalue weighted by Gasteiger charge is -2.32. The number of rotatable bonds is 11. The van der Waals surface area contributed by atoms with Crippen molar-refractivity contribution in [2.45, 2.75) is 48.9 Å². The molecule has 0 aromatic heterocycles. The third-order valence-electron chi connectivity index (χ3n) is 7.87. The number of nitrogens with zero attached hydrogens (tertiary/aromatic N) is 1. The van der Waals surface area contributed by atoms with Crippen molar-refractivity contribution < 1.29 is 45.8 Å². The molecule has 15 heteroatoms. The smallest absolute Gasteiger partial charge is 0.411 e. The molecule has 4 rings (SSSR count). The summed E-state index contributed by atoms with van der Waals surface area (Å²) in [6, 6.07) is 8.12. The summed E-state index contributed by atoms with van der Waals surface area (Å²) in [5.74, 6) is -3.39. The number of primary amides is 1. The van der Waals surface area contributed by atoms with Gasteiger partial charge in [0.15, 0.2) is 21.3 Å². The molecule has 0 saturated carbocycles. The number of methoxy groups -OCH3 is 3. The van der Waals surface area contributed by atoms with Crippen LogP contribution < -0.4 is 25.8 Å². The number of hydrogen-bond donors (Lipinski definition) is 3. The molecular formula is C32H36F2N4O8S. The molecule has 2 atom stereocenters. The topological polar surface area (TPSA) is 166 Å². The van der Waals surface area contributed by atoms with Crippen molar-refractivity contribution in [1.82, 2.24) is 4.90 Å². The maximum absolute atomic E-state index is 15.1. The molecular weight excluding hydrogens is 638 g/mol. The van der Waals surface area contributed by atoms with Crippen LogP contribution in [0.5, 0.6) is 11.5 Å². The van der Waals surface area contributed by atoms with Crippen LogP contribution in [0.25, 0.3) is 0 Å². The van der Waals surface area contributed by atoms with Crippen molar-refractivity contribution in [1.29, 1.82) is 0 Å². The standard InChI is InChI=1S/C32H36F2N4O8S/c1-17(2)47(42,43)28-11-9-19(36-32(41)46-5)14-21(28)25-7-6-12-38(25)31(40)29(18-8-10-26(44-3)27(13-18)45-4)37-24-15-20(30(35)39)22(33)16-23(24)34/h8-11,13-17,25,29,37H,6-7,12H2,1-5H3,(H2,35,39)(H,36,41)/t25?,29-/m1/s1. The third-order valence-corrected chi connectivity index (χ3v) is 10.1. The summed E-state index contributed by atoms with van der Waals surface area (Å²) in [5.41, 5.74) is 5.13. The summed E-state index contributed by atoms with van der Waals surface area (Å²) in [6.45, 7) is 3.26. The largest absolute Gasteiger partial charge is 0.493 e. The van der Waals surface area contributed by atoms with Crippen molar-refractivity contribution in [3.63, 3.8) is 0 Å². The average molecular weight is 675 g/mol. The van der Waals surface area contributed by atoms with Gasteiger partial charge < -0.3 is 30.2 Å². The highest BCUT2D eigenvalue weighted by Gasteiger charge is 2.38. The Balaban J connectivity index is 1.86. The van der Waals surface area contributed by atoms with Crippen molar-refractivity contribution in [2.24, 2.45) is 5.73 Å². The number of halogens is 2. The van der Waals surface area contributed by atoms with Crippen LogP contribution in [0.3, 0.4) is 0 Å². The number of amides is 3. The summed E-state index contributed by atoms with van der Waals surface area (Å²) in [5, 5.41) is 4.53. The van der Waals surface area contributed by atoms with Gasteiger partial charge in [0.2, 0.25) is 5.91 Å². The molecule has 1 heterocycles. The van der Waals surface area contributed by atoms with E-state index in [1.165, 1.54) is 64.3 Å². The van der Waals surface area contributed by atoms with E-state index in [0.29, 0.717) is 30.2 Å². The minimum atomic E-state index is -3.86. The van der Waals surface area contributed by atoms with E-state index in [9.17, 15) is 27.2 Å². The Labute approximate surface area is 271 Å². The molecule has 3 aromatic carbocycles. The Morgan fingerprint density at radius 1 is 0.957 bits per heavy atom. The molecule has 3 amide bonds. The van der Waals surface area contributed by atoms with Crippen LogP contribution in [0, 0.1) is 11.6 Å². The van der Waals surface area contributed by atoms with Crippen molar-refractivity contribution in [3.05, 3.63) is 76.9 Å². The zero-order chi connectivity index (χ0) is 34.6. The van der Waals surface area contributed by atoms with E-state index in [2.05, 4.69) is 15.4 Å². The highest BCUT2D eigenvalue weighted by molar-refractivity contribution is 7.92. The first kappa shape index (κ1) is 34.9. The number of hydrogen-bond acceptors (Lipinski definition) is 9. The number of nitrogens with two attached hydrogens (primary N) is 1. The highest BCUT2D eigenvalue weighted by atomic mass is 32.2. The van der Waals surface area contributed by atoms with Crippen LogP contribution in [0.1, 0.15) is 60.3 Å². The normalized spacial score (nSPS) is 15.2. The quantitative estimate of drug-likeness (QED) is 0.255. The van der Waals surface area contributed by atoms with Gasteiger partial charge in [-0.1, -0.05) is 6.07 Å². The summed E-state index contributed by atoms with van der Waals surface area (Å²) < 4.78 is 71.9. The van der Waals surface area contributed by atoms with Crippen molar-refractivity contribution in [3.8, 4) is 11.5 Å². The summed E-state index contributed by atoms with van der Waals surface area (Å²) in [6.07, 6.45) is 0.0783. The highest BCUT2D eigenvalue weighted by Crippen LogP contribution is 2.41. The Morgan fingerprint density at radius 3 is 2.28 bits per heavy atom. The molecule has 0 aliphatic carbocycles. The Morgan fingerprint density at radius 2 is 1.66 bits per heavy atom. The summed E-state index contributed by atoms with van der Waals surface area (Å²) in [7, 11) is 0.146. The van der Waals surface area contributed by atoms with Gasteiger partial charge >= 0.3 is 6.09 Å². The maximum atomic E-state index is 15.1. The Bertz CT molecular complexity index is 1800. The molecule has 4 N–H and O–H groups in total. The van der Waals surface area contributed by atoms with Gasteiger partial charge in [0.1, 0.15) is 17.7 Å². The minimum Gasteiger partial charge on any atom is -0.493 e. The van der Waals surface area contributed by atoms with Gasteiger partial charge in [0.05, 0.1) is 48.8 Å². The van der Waals surface area contributed by atoms with Gasteiger partial charge in [0.25, 0.3) is 5.91 Å². The van der Waals surface area contributed by atoms with Gasteiger partial charge in [-0.15, -0.1) is 0 Å². The van der Waals surface area contributed by atoms with Crippen LogP contribution >= 0.6 is 0 Å². The number of likely N-dealkylation sites (tertiary alicyclic amines) is 1. The van der Waals surface area contributed by atoms with Gasteiger partial charge in [0, 0.05) is 18.3 Å². The Hall–Kier alpha value is -4.92. The second-order valence-electron chi connectivity index (χ2n) is 11.0. The lowest BCUT2D eigenvalue weighted by molar-refractivity contribution is -0.133. The van der Waals surface area contributed by atoms with Gasteiger partial charge in [-0.2, -0.15) is 0 Å². The molecule has 47 heavy (non-hydrogen) atoms. The van der Waals surface area contributed by atoms with Crippen molar-refractivity contribution >= 4 is 39.1 Å². The van der Waals surface area contributed by atoms with Gasteiger partial charge in [-0.3, -0.25) is 14.9 Å².